The van der Waals surface area contributed by atoms with E-state index in [1.807, 2.05) is 0 Å². The molecule has 92 valence electrons. The van der Waals surface area contributed by atoms with E-state index in [2.05, 4.69) is 5.32 Å². The Kier molecular flexibility index (Phi) is 3.77. The third-order valence-electron chi connectivity index (χ3n) is 2.44. The van der Waals surface area contributed by atoms with Gasteiger partial charge in [-0.15, -0.1) is 0 Å². The van der Waals surface area contributed by atoms with Crippen molar-refractivity contribution in [2.24, 2.45) is 0 Å². The minimum Gasteiger partial charge on any atom is -0.353 e. The summed E-state index contributed by atoms with van der Waals surface area (Å²) in [5.74, 6) is -0.953. The van der Waals surface area contributed by atoms with Gasteiger partial charge < -0.3 is 10.2 Å². The average Bonchev–Trinajstić information content (AvgIpc) is 2.17. The Balaban J connectivity index is 2.50. The minimum atomic E-state index is -4.34. The van der Waals surface area contributed by atoms with E-state index in [1.54, 1.807) is 0 Å². The van der Waals surface area contributed by atoms with Crippen molar-refractivity contribution in [3.8, 4) is 0 Å². The Morgan fingerprint density at radius 1 is 1.56 bits per heavy atom. The van der Waals surface area contributed by atoms with E-state index in [1.165, 1.54) is 11.8 Å². The summed E-state index contributed by atoms with van der Waals surface area (Å²) in [4.78, 5) is 23.8. The van der Waals surface area contributed by atoms with Crippen molar-refractivity contribution in [1.29, 1.82) is 0 Å². The first-order valence-electron chi connectivity index (χ1n) is 4.95. The Hall–Kier alpha value is -1.27. The number of hydrogen-bond donors (Lipinski definition) is 1. The van der Waals surface area contributed by atoms with Gasteiger partial charge in [0.2, 0.25) is 11.8 Å². The molecule has 7 heteroatoms. The second-order valence-electron chi connectivity index (χ2n) is 3.67. The highest BCUT2D eigenvalue weighted by molar-refractivity contribution is 5.88. The van der Waals surface area contributed by atoms with Gasteiger partial charge in [-0.2, -0.15) is 13.2 Å². The Bertz CT molecular complexity index is 291. The molecule has 1 unspecified atom stereocenters. The topological polar surface area (TPSA) is 49.4 Å². The number of carbonyl (C=O) groups is 2. The highest BCUT2D eigenvalue weighted by Gasteiger charge is 2.33. The maximum atomic E-state index is 11.9. The van der Waals surface area contributed by atoms with Crippen LogP contribution in [0.5, 0.6) is 0 Å². The number of rotatable bonds is 2. The van der Waals surface area contributed by atoms with Gasteiger partial charge in [0.1, 0.15) is 6.04 Å². The molecule has 1 heterocycles. The molecule has 1 aliphatic rings. The second-order valence-corrected chi connectivity index (χ2v) is 3.67. The van der Waals surface area contributed by atoms with Gasteiger partial charge >= 0.3 is 6.18 Å². The largest absolute Gasteiger partial charge is 0.389 e. The molecule has 0 saturated carbocycles. The number of carbonyl (C=O) groups excluding carboxylic acids is 2. The minimum absolute atomic E-state index is 0.267. The molecule has 0 radical (unpaired) electrons. The molecule has 1 N–H and O–H groups in total. The molecule has 1 rings (SSSR count). The summed E-state index contributed by atoms with van der Waals surface area (Å²) in [5.41, 5.74) is 0. The normalized spacial score (nSPS) is 21.9. The second kappa shape index (κ2) is 4.71. The van der Waals surface area contributed by atoms with Crippen LogP contribution in [-0.2, 0) is 9.59 Å². The van der Waals surface area contributed by atoms with Crippen LogP contribution in [0.1, 0.15) is 19.8 Å². The summed E-state index contributed by atoms with van der Waals surface area (Å²) >= 11 is 0. The molecule has 0 bridgehead atoms. The molecule has 0 aliphatic carbocycles. The monoisotopic (exact) mass is 238 g/mol. The lowest BCUT2D eigenvalue weighted by molar-refractivity contribution is -0.153. The van der Waals surface area contributed by atoms with Gasteiger partial charge in [0.25, 0.3) is 0 Å². The van der Waals surface area contributed by atoms with E-state index < -0.39 is 31.0 Å². The molecule has 0 spiro atoms. The molecule has 2 amide bonds. The highest BCUT2D eigenvalue weighted by Crippen LogP contribution is 2.22. The van der Waals surface area contributed by atoms with Crippen molar-refractivity contribution in [2.45, 2.75) is 32.0 Å². The zero-order valence-corrected chi connectivity index (χ0v) is 8.80. The third kappa shape index (κ3) is 3.39. The fourth-order valence-electron chi connectivity index (χ4n) is 1.52. The van der Waals surface area contributed by atoms with Gasteiger partial charge in [0.05, 0.1) is 6.42 Å². The first-order chi connectivity index (χ1) is 7.31. The molecule has 0 aromatic heterocycles. The molecular weight excluding hydrogens is 225 g/mol. The lowest BCUT2D eigenvalue weighted by atomic mass is 10.1. The van der Waals surface area contributed by atoms with Crippen molar-refractivity contribution in [1.82, 2.24) is 10.2 Å². The van der Waals surface area contributed by atoms with Crippen molar-refractivity contribution >= 4 is 11.8 Å². The average molecular weight is 238 g/mol. The maximum absolute atomic E-state index is 11.9. The quantitative estimate of drug-likeness (QED) is 0.769. The van der Waals surface area contributed by atoms with Crippen LogP contribution in [0.15, 0.2) is 0 Å². The first kappa shape index (κ1) is 12.8. The number of halogens is 3. The number of nitrogens with zero attached hydrogens (tertiary/aromatic N) is 1. The lowest BCUT2D eigenvalue weighted by Gasteiger charge is -2.32. The zero-order chi connectivity index (χ0) is 12.3. The molecule has 4 nitrogen and oxygen atoms in total. The summed E-state index contributed by atoms with van der Waals surface area (Å²) < 4.78 is 35.7. The van der Waals surface area contributed by atoms with Gasteiger partial charge in [0.15, 0.2) is 0 Å². The Labute approximate surface area is 90.8 Å². The summed E-state index contributed by atoms with van der Waals surface area (Å²) in [5, 5.41) is 2.53. The molecule has 0 aromatic carbocycles. The van der Waals surface area contributed by atoms with Crippen LogP contribution < -0.4 is 5.32 Å². The molecule has 1 aliphatic heterocycles. The lowest BCUT2D eigenvalue weighted by Crippen LogP contribution is -2.55. The number of piperazine rings is 1. The number of alkyl halides is 3. The molecule has 1 saturated heterocycles. The summed E-state index contributed by atoms with van der Waals surface area (Å²) in [6.07, 6.45) is -6.07. The van der Waals surface area contributed by atoms with Crippen LogP contribution in [0.3, 0.4) is 0 Å². The van der Waals surface area contributed by atoms with E-state index in [-0.39, 0.29) is 12.5 Å². The molecule has 1 atom stereocenters. The van der Waals surface area contributed by atoms with Crippen LogP contribution in [0.25, 0.3) is 0 Å². The maximum Gasteiger partial charge on any atom is 0.389 e. The summed E-state index contributed by atoms with van der Waals surface area (Å²) in [7, 11) is 0. The van der Waals surface area contributed by atoms with Crippen molar-refractivity contribution in [3.05, 3.63) is 0 Å². The molecule has 16 heavy (non-hydrogen) atoms. The predicted octanol–water partition coefficient (Wildman–Crippen LogP) is 0.676. The van der Waals surface area contributed by atoms with Gasteiger partial charge in [0, 0.05) is 19.5 Å². The van der Waals surface area contributed by atoms with Crippen LogP contribution in [0.4, 0.5) is 13.2 Å². The van der Waals surface area contributed by atoms with Gasteiger partial charge in [-0.3, -0.25) is 9.59 Å². The van der Waals surface area contributed by atoms with E-state index in [0.717, 1.165) is 0 Å². The Morgan fingerprint density at radius 2 is 2.19 bits per heavy atom. The van der Waals surface area contributed by atoms with Crippen molar-refractivity contribution in [3.63, 3.8) is 0 Å². The molecule has 0 aromatic rings. The fourth-order valence-corrected chi connectivity index (χ4v) is 1.52. The summed E-state index contributed by atoms with van der Waals surface area (Å²) in [6, 6.07) is -0.686. The molecule has 1 fully saturated rings. The standard InChI is InChI=1S/C9H13F3N2O2/c1-6-8(16)13-4-5-14(6)7(15)2-3-9(10,11)12/h6H,2-5H2,1H3,(H,13,16). The van der Waals surface area contributed by atoms with Crippen LogP contribution in [0, 0.1) is 0 Å². The van der Waals surface area contributed by atoms with E-state index in [4.69, 9.17) is 0 Å². The number of amides is 2. The first-order valence-corrected chi connectivity index (χ1v) is 4.95. The van der Waals surface area contributed by atoms with Gasteiger partial charge in [-0.1, -0.05) is 0 Å². The van der Waals surface area contributed by atoms with Crippen LogP contribution >= 0.6 is 0 Å². The van der Waals surface area contributed by atoms with E-state index >= 15 is 0 Å². The molecular formula is C9H13F3N2O2. The van der Waals surface area contributed by atoms with E-state index in [9.17, 15) is 22.8 Å². The smallest absolute Gasteiger partial charge is 0.353 e. The van der Waals surface area contributed by atoms with Gasteiger partial charge in [-0.25, -0.2) is 0 Å². The number of hydrogen-bond acceptors (Lipinski definition) is 2. The SMILES string of the molecule is CC1C(=O)NCCN1C(=O)CCC(F)(F)F. The number of nitrogens with one attached hydrogen (secondary N) is 1. The van der Waals surface area contributed by atoms with Crippen molar-refractivity contribution < 1.29 is 22.8 Å². The van der Waals surface area contributed by atoms with Crippen LogP contribution in [0.2, 0.25) is 0 Å². The highest BCUT2D eigenvalue weighted by atomic mass is 19.4. The third-order valence-corrected chi connectivity index (χ3v) is 2.44. The Morgan fingerprint density at radius 3 is 2.75 bits per heavy atom. The summed E-state index contributed by atoms with van der Waals surface area (Å²) in [6.45, 7) is 2.06. The van der Waals surface area contributed by atoms with E-state index in [0.29, 0.717) is 6.54 Å². The van der Waals surface area contributed by atoms with Crippen molar-refractivity contribution in [2.75, 3.05) is 13.1 Å². The van der Waals surface area contributed by atoms with Gasteiger partial charge in [-0.05, 0) is 6.92 Å². The predicted molar refractivity (Wildman–Crippen MR) is 49.5 cm³/mol. The fraction of sp³-hybridized carbons (Fsp3) is 0.778. The van der Waals surface area contributed by atoms with Crippen LogP contribution in [-0.4, -0.2) is 42.0 Å². The zero-order valence-electron chi connectivity index (χ0n) is 8.80.